The molecule has 1 heterocycles. The summed E-state index contributed by atoms with van der Waals surface area (Å²) in [5.74, 6) is -1.44. The minimum atomic E-state index is -0.877. The van der Waals surface area contributed by atoms with Crippen LogP contribution in [0.15, 0.2) is 14.8 Å². The van der Waals surface area contributed by atoms with Gasteiger partial charge in [0.25, 0.3) is 0 Å². The summed E-state index contributed by atoms with van der Waals surface area (Å²) < 4.78 is 8.24. The Labute approximate surface area is 123 Å². The number of rotatable bonds is 4. The Bertz CT molecular complexity index is 614. The fourth-order valence-electron chi connectivity index (χ4n) is 1.58. The molecule has 2 N–H and O–H groups in total. The zero-order valence-electron chi connectivity index (χ0n) is 10.1. The summed E-state index contributed by atoms with van der Waals surface area (Å²) >= 11 is 13.2. The molecule has 5 nitrogen and oxygen atoms in total. The first-order chi connectivity index (χ1) is 8.91. The van der Waals surface area contributed by atoms with E-state index in [0.29, 0.717) is 27.1 Å². The van der Waals surface area contributed by atoms with E-state index in [1.807, 2.05) is 0 Å². The van der Waals surface area contributed by atoms with Crippen molar-refractivity contribution in [3.63, 3.8) is 0 Å². The van der Waals surface area contributed by atoms with Gasteiger partial charge in [-0.25, -0.2) is 0 Å². The molecule has 2 atom stereocenters. The standard InChI is InChI=1S/C11H11Cl2N3O2S/c1-4(11(17)18)5(2)14-8-6(12)3-7(13)9-10(8)16-19-15-9/h3-5,14H,1-2H3,(H,17,18). The van der Waals surface area contributed by atoms with Crippen LogP contribution in [0.1, 0.15) is 13.8 Å². The van der Waals surface area contributed by atoms with Crippen LogP contribution in [0.3, 0.4) is 0 Å². The molecule has 2 unspecified atom stereocenters. The van der Waals surface area contributed by atoms with Crippen molar-refractivity contribution in [2.75, 3.05) is 5.32 Å². The molecule has 1 aromatic rings. The van der Waals surface area contributed by atoms with Gasteiger partial charge < -0.3 is 10.4 Å². The lowest BCUT2D eigenvalue weighted by atomic mass is 10.0. The van der Waals surface area contributed by atoms with E-state index in [4.69, 9.17) is 28.3 Å². The number of hydrogen-bond acceptors (Lipinski definition) is 4. The van der Waals surface area contributed by atoms with Crippen LogP contribution in [0.4, 0.5) is 17.1 Å². The van der Waals surface area contributed by atoms with Gasteiger partial charge in [-0.3, -0.25) is 4.79 Å². The average molecular weight is 320 g/mol. The number of hydrogen-bond donors (Lipinski definition) is 2. The molecule has 0 saturated heterocycles. The molecule has 1 aliphatic heterocycles. The van der Waals surface area contributed by atoms with E-state index in [1.54, 1.807) is 19.9 Å². The van der Waals surface area contributed by atoms with Crippen molar-refractivity contribution in [2.24, 2.45) is 14.6 Å². The largest absolute Gasteiger partial charge is 0.481 e. The van der Waals surface area contributed by atoms with Crippen molar-refractivity contribution < 1.29 is 9.90 Å². The molecule has 0 aromatic heterocycles. The van der Waals surface area contributed by atoms with Crippen LogP contribution in [-0.2, 0) is 16.1 Å². The van der Waals surface area contributed by atoms with E-state index < -0.39 is 11.9 Å². The number of aliphatic carboxylic acids is 1. The molecule has 1 aromatic carbocycles. The highest BCUT2D eigenvalue weighted by molar-refractivity contribution is 7.58. The summed E-state index contributed by atoms with van der Waals surface area (Å²) in [5, 5.41) is 12.9. The van der Waals surface area contributed by atoms with Crippen LogP contribution in [0.2, 0.25) is 10.0 Å². The fraction of sp³-hybridized carbons (Fsp3) is 0.364. The summed E-state index contributed by atoms with van der Waals surface area (Å²) in [6, 6.07) is 1.27. The van der Waals surface area contributed by atoms with Gasteiger partial charge in [0, 0.05) is 6.04 Å². The highest BCUT2D eigenvalue weighted by atomic mass is 35.5. The summed E-state index contributed by atoms with van der Waals surface area (Å²) in [5.41, 5.74) is 1.69. The second kappa shape index (κ2) is 5.48. The molecule has 19 heavy (non-hydrogen) atoms. The van der Waals surface area contributed by atoms with Crippen LogP contribution in [-0.4, -0.2) is 17.1 Å². The van der Waals surface area contributed by atoms with E-state index in [1.165, 1.54) is 0 Å². The van der Waals surface area contributed by atoms with E-state index in [-0.39, 0.29) is 6.04 Å². The highest BCUT2D eigenvalue weighted by Gasteiger charge is 2.24. The quantitative estimate of drug-likeness (QED) is 0.885. The SMILES string of the molecule is CC(Nc1c(Cl)cc(Cl)c2c1N=S=N2)C(C)C(=O)O. The van der Waals surface area contributed by atoms with Crippen molar-refractivity contribution in [3.05, 3.63) is 16.1 Å². The number of nitrogens with one attached hydrogen (secondary N) is 1. The molecular weight excluding hydrogens is 309 g/mol. The van der Waals surface area contributed by atoms with Crippen molar-refractivity contribution in [1.82, 2.24) is 0 Å². The van der Waals surface area contributed by atoms with E-state index in [0.717, 1.165) is 11.4 Å². The second-order valence-electron chi connectivity index (χ2n) is 4.24. The molecule has 0 amide bonds. The van der Waals surface area contributed by atoms with E-state index in [2.05, 4.69) is 14.0 Å². The molecule has 0 bridgehead atoms. The molecule has 0 spiro atoms. The maximum atomic E-state index is 11.0. The van der Waals surface area contributed by atoms with Crippen molar-refractivity contribution in [2.45, 2.75) is 19.9 Å². The lowest BCUT2D eigenvalue weighted by molar-refractivity contribution is -0.141. The van der Waals surface area contributed by atoms with Crippen LogP contribution in [0.25, 0.3) is 0 Å². The van der Waals surface area contributed by atoms with Crippen molar-refractivity contribution in [3.8, 4) is 0 Å². The summed E-state index contributed by atoms with van der Waals surface area (Å²) in [7, 11) is 0. The van der Waals surface area contributed by atoms with Crippen LogP contribution < -0.4 is 5.32 Å². The Hall–Kier alpha value is -1.11. The molecule has 0 fully saturated rings. The average Bonchev–Trinajstić information content (AvgIpc) is 2.82. The summed E-state index contributed by atoms with van der Waals surface area (Å²) in [6.45, 7) is 3.40. The molecular formula is C11H11Cl2N3O2S. The van der Waals surface area contributed by atoms with E-state index in [9.17, 15) is 4.79 Å². The third-order valence-corrected chi connectivity index (χ3v) is 4.07. The molecule has 8 heteroatoms. The van der Waals surface area contributed by atoms with Gasteiger partial charge in [-0.1, -0.05) is 23.2 Å². The number of anilines is 1. The second-order valence-corrected chi connectivity index (χ2v) is 5.58. The monoisotopic (exact) mass is 319 g/mol. The van der Waals surface area contributed by atoms with Gasteiger partial charge >= 0.3 is 5.97 Å². The Morgan fingerprint density at radius 1 is 1.32 bits per heavy atom. The minimum absolute atomic E-state index is 0.305. The Morgan fingerprint density at radius 3 is 2.58 bits per heavy atom. The lowest BCUT2D eigenvalue weighted by Gasteiger charge is -2.21. The van der Waals surface area contributed by atoms with Gasteiger partial charge in [0.05, 0.1) is 33.0 Å². The normalized spacial score (nSPS) is 15.6. The van der Waals surface area contributed by atoms with Crippen LogP contribution in [0.5, 0.6) is 0 Å². The van der Waals surface area contributed by atoms with Crippen LogP contribution >= 0.6 is 23.2 Å². The number of benzene rings is 1. The first-order valence-electron chi connectivity index (χ1n) is 5.51. The third-order valence-electron chi connectivity index (χ3n) is 2.96. The lowest BCUT2D eigenvalue weighted by Crippen LogP contribution is -2.29. The Balaban J connectivity index is 2.35. The number of nitrogens with zero attached hydrogens (tertiary/aromatic N) is 2. The maximum Gasteiger partial charge on any atom is 0.308 e. The Kier molecular flexibility index (Phi) is 4.13. The van der Waals surface area contributed by atoms with Crippen molar-refractivity contribution >= 4 is 57.6 Å². The number of carboxylic acid groups (broad SMARTS) is 1. The summed E-state index contributed by atoms with van der Waals surface area (Å²) in [4.78, 5) is 11.0. The third kappa shape index (κ3) is 2.75. The smallest absolute Gasteiger partial charge is 0.308 e. The number of carbonyl (C=O) groups is 1. The zero-order valence-corrected chi connectivity index (χ0v) is 12.5. The zero-order chi connectivity index (χ0) is 14.2. The predicted molar refractivity (Wildman–Crippen MR) is 77.9 cm³/mol. The van der Waals surface area contributed by atoms with E-state index >= 15 is 0 Å². The summed E-state index contributed by atoms with van der Waals surface area (Å²) in [6.07, 6.45) is 0. The van der Waals surface area contributed by atoms with Gasteiger partial charge in [0.1, 0.15) is 11.4 Å². The predicted octanol–water partition coefficient (Wildman–Crippen LogP) is 4.24. The number of carboxylic acids is 1. The molecule has 0 aliphatic carbocycles. The van der Waals surface area contributed by atoms with Gasteiger partial charge in [0.15, 0.2) is 0 Å². The molecule has 102 valence electrons. The first-order valence-corrected chi connectivity index (χ1v) is 7.00. The van der Waals surface area contributed by atoms with Crippen LogP contribution in [0, 0.1) is 5.92 Å². The van der Waals surface area contributed by atoms with Gasteiger partial charge in [-0.05, 0) is 19.9 Å². The van der Waals surface area contributed by atoms with Crippen molar-refractivity contribution in [1.29, 1.82) is 0 Å². The minimum Gasteiger partial charge on any atom is -0.481 e. The highest BCUT2D eigenvalue weighted by Crippen LogP contribution is 2.47. The molecule has 0 radical (unpaired) electrons. The molecule has 2 rings (SSSR count). The first kappa shape index (κ1) is 14.3. The van der Waals surface area contributed by atoms with Gasteiger partial charge in [-0.15, -0.1) is 0 Å². The molecule has 0 saturated carbocycles. The van der Waals surface area contributed by atoms with Gasteiger partial charge in [-0.2, -0.15) is 8.73 Å². The number of halogens is 2. The van der Waals surface area contributed by atoms with Gasteiger partial charge in [0.2, 0.25) is 0 Å². The molecule has 1 aliphatic rings. The number of fused-ring (bicyclic) bond motifs is 1. The Morgan fingerprint density at radius 2 is 1.95 bits per heavy atom. The topological polar surface area (TPSA) is 74.0 Å². The maximum absolute atomic E-state index is 11.0. The fourth-order valence-corrected chi connectivity index (χ4v) is 2.74.